The highest BCUT2D eigenvalue weighted by molar-refractivity contribution is 7.17. The molecule has 1 aliphatic rings. The predicted molar refractivity (Wildman–Crippen MR) is 149 cm³/mol. The Morgan fingerprint density at radius 3 is 2.47 bits per heavy atom. The first kappa shape index (κ1) is 22.9. The number of fused-ring (bicyclic) bond motifs is 2. The van der Waals surface area contributed by atoms with E-state index in [0.717, 1.165) is 45.7 Å². The second-order valence-corrected chi connectivity index (χ2v) is 10.3. The average molecular weight is 496 g/mol. The third-order valence-corrected chi connectivity index (χ3v) is 7.78. The minimum Gasteiger partial charge on any atom is -0.508 e. The molecule has 4 nitrogen and oxygen atoms in total. The normalized spacial score (nSPS) is 14.3. The Bertz CT molecular complexity index is 1490. The number of aromatic hydroxyl groups is 1. The minimum absolute atomic E-state index is 0.243. The zero-order valence-corrected chi connectivity index (χ0v) is 21.0. The molecule has 1 N–H and O–H groups in total. The molecule has 0 saturated carbocycles. The molecule has 0 aliphatic carbocycles. The van der Waals surface area contributed by atoms with Gasteiger partial charge in [-0.1, -0.05) is 18.6 Å². The second-order valence-electron chi connectivity index (χ2n) is 9.35. The van der Waals surface area contributed by atoms with E-state index in [1.54, 1.807) is 23.5 Å². The van der Waals surface area contributed by atoms with Crippen molar-refractivity contribution in [2.24, 2.45) is 0 Å². The number of hydrogen-bond acceptors (Lipinski definition) is 5. The summed E-state index contributed by atoms with van der Waals surface area (Å²) in [5.41, 5.74) is 2.12. The van der Waals surface area contributed by atoms with Crippen LogP contribution in [0.4, 0.5) is 0 Å². The zero-order valence-electron chi connectivity index (χ0n) is 20.2. The quantitative estimate of drug-likeness (QED) is 0.248. The Labute approximate surface area is 215 Å². The third kappa shape index (κ3) is 4.90. The van der Waals surface area contributed by atoms with Gasteiger partial charge in [-0.05, 0) is 114 Å². The van der Waals surface area contributed by atoms with E-state index in [1.165, 1.54) is 42.4 Å². The van der Waals surface area contributed by atoms with Crippen LogP contribution >= 0.6 is 11.3 Å². The van der Waals surface area contributed by atoms with Gasteiger partial charge >= 0.3 is 0 Å². The highest BCUT2D eigenvalue weighted by atomic mass is 32.1. The smallest absolute Gasteiger partial charge is 0.143 e. The van der Waals surface area contributed by atoms with E-state index >= 15 is 0 Å². The van der Waals surface area contributed by atoms with Crippen molar-refractivity contribution in [1.82, 2.24) is 4.90 Å². The first-order valence-corrected chi connectivity index (χ1v) is 13.5. The fraction of sp³-hybridized carbons (Fsp3) is 0.226. The topological polar surface area (TPSA) is 41.9 Å². The Morgan fingerprint density at radius 1 is 0.778 bits per heavy atom. The molecule has 4 aromatic carbocycles. The van der Waals surface area contributed by atoms with Crippen LogP contribution in [0.25, 0.3) is 32.0 Å². The summed E-state index contributed by atoms with van der Waals surface area (Å²) in [5, 5.41) is 15.2. The van der Waals surface area contributed by atoms with Crippen molar-refractivity contribution in [3.8, 4) is 34.1 Å². The van der Waals surface area contributed by atoms with Crippen LogP contribution in [0.5, 0.6) is 23.0 Å². The number of thiophene rings is 1. The minimum atomic E-state index is 0.243. The number of phenols is 1. The van der Waals surface area contributed by atoms with Crippen molar-refractivity contribution in [2.45, 2.75) is 19.3 Å². The maximum atomic E-state index is 10.0. The van der Waals surface area contributed by atoms with Gasteiger partial charge in [0.1, 0.15) is 29.6 Å². The van der Waals surface area contributed by atoms with Crippen molar-refractivity contribution < 1.29 is 14.6 Å². The van der Waals surface area contributed by atoms with E-state index in [4.69, 9.17) is 9.47 Å². The van der Waals surface area contributed by atoms with Gasteiger partial charge in [0.25, 0.3) is 0 Å². The Hall–Kier alpha value is -3.54. The number of benzene rings is 4. The standard InChI is InChI=1S/C31H29NO3S/c33-25-6-12-29-23(21-25)4-11-28(22-5-13-30-24(20-22)14-19-36-30)31(29)35-27-9-7-26(8-10-27)34-18-17-32-15-2-1-3-16-32/h4-14,19-21,33H,1-3,15-18H2. The molecule has 2 heterocycles. The molecule has 6 rings (SSSR count). The molecular weight excluding hydrogens is 466 g/mol. The highest BCUT2D eigenvalue weighted by Gasteiger charge is 2.14. The van der Waals surface area contributed by atoms with Gasteiger partial charge in [0.2, 0.25) is 0 Å². The SMILES string of the molecule is Oc1ccc2c(Oc3ccc(OCCN4CCCCC4)cc3)c(-c3ccc4sccc4c3)ccc2c1. The molecule has 0 bridgehead atoms. The highest BCUT2D eigenvalue weighted by Crippen LogP contribution is 2.41. The molecule has 5 heteroatoms. The number of hydrogen-bond donors (Lipinski definition) is 1. The van der Waals surface area contributed by atoms with E-state index in [2.05, 4.69) is 40.6 Å². The van der Waals surface area contributed by atoms with Crippen molar-refractivity contribution in [3.63, 3.8) is 0 Å². The molecule has 0 atom stereocenters. The van der Waals surface area contributed by atoms with Crippen molar-refractivity contribution in [3.05, 3.63) is 84.2 Å². The molecule has 1 fully saturated rings. The summed E-state index contributed by atoms with van der Waals surface area (Å²) in [6.45, 7) is 4.03. The molecule has 1 aromatic heterocycles. The largest absolute Gasteiger partial charge is 0.508 e. The number of rotatable bonds is 7. The summed E-state index contributed by atoms with van der Waals surface area (Å²) in [6.07, 6.45) is 3.94. The summed E-state index contributed by atoms with van der Waals surface area (Å²) in [5.74, 6) is 2.62. The number of piperidine rings is 1. The van der Waals surface area contributed by atoms with Gasteiger partial charge < -0.3 is 14.6 Å². The summed E-state index contributed by atoms with van der Waals surface area (Å²) in [4.78, 5) is 2.48. The van der Waals surface area contributed by atoms with E-state index in [-0.39, 0.29) is 5.75 Å². The van der Waals surface area contributed by atoms with Crippen molar-refractivity contribution in [2.75, 3.05) is 26.2 Å². The Kier molecular flexibility index (Phi) is 6.50. The van der Waals surface area contributed by atoms with Crippen LogP contribution in [-0.4, -0.2) is 36.2 Å². The van der Waals surface area contributed by atoms with Gasteiger partial charge in [-0.15, -0.1) is 11.3 Å². The van der Waals surface area contributed by atoms with Crippen LogP contribution in [0.1, 0.15) is 19.3 Å². The van der Waals surface area contributed by atoms with Gasteiger partial charge in [0.15, 0.2) is 0 Å². The van der Waals surface area contributed by atoms with Crippen LogP contribution in [-0.2, 0) is 0 Å². The Balaban J connectivity index is 1.26. The molecule has 182 valence electrons. The number of ether oxygens (including phenoxy) is 2. The second kappa shape index (κ2) is 10.2. The molecule has 1 saturated heterocycles. The lowest BCUT2D eigenvalue weighted by atomic mass is 9.98. The van der Waals surface area contributed by atoms with E-state index < -0.39 is 0 Å². The van der Waals surface area contributed by atoms with E-state index in [1.807, 2.05) is 36.4 Å². The van der Waals surface area contributed by atoms with Crippen LogP contribution in [0.3, 0.4) is 0 Å². The molecule has 0 unspecified atom stereocenters. The lowest BCUT2D eigenvalue weighted by Gasteiger charge is -2.26. The molecule has 0 spiro atoms. The fourth-order valence-corrected chi connectivity index (χ4v) is 5.73. The van der Waals surface area contributed by atoms with Gasteiger partial charge in [-0.25, -0.2) is 0 Å². The van der Waals surface area contributed by atoms with Crippen LogP contribution in [0, 0.1) is 0 Å². The van der Waals surface area contributed by atoms with Crippen LogP contribution in [0.2, 0.25) is 0 Å². The third-order valence-electron chi connectivity index (χ3n) is 6.89. The molecular formula is C31H29NO3S. The fourth-order valence-electron chi connectivity index (χ4n) is 4.96. The lowest BCUT2D eigenvalue weighted by Crippen LogP contribution is -2.33. The van der Waals surface area contributed by atoms with Crippen molar-refractivity contribution >= 4 is 32.2 Å². The van der Waals surface area contributed by atoms with Crippen LogP contribution < -0.4 is 9.47 Å². The molecule has 1 aliphatic heterocycles. The summed E-state index contributed by atoms with van der Waals surface area (Å²) in [7, 11) is 0. The first-order chi connectivity index (χ1) is 17.7. The number of phenolic OH excluding ortho intramolecular Hbond substituents is 1. The molecule has 0 amide bonds. The van der Waals surface area contributed by atoms with Gasteiger partial charge in [0.05, 0.1) is 0 Å². The molecule has 5 aromatic rings. The maximum Gasteiger partial charge on any atom is 0.143 e. The summed E-state index contributed by atoms with van der Waals surface area (Å²) < 4.78 is 13.8. The van der Waals surface area contributed by atoms with E-state index in [9.17, 15) is 5.11 Å². The van der Waals surface area contributed by atoms with Gasteiger partial charge in [-0.2, -0.15) is 0 Å². The monoisotopic (exact) mass is 495 g/mol. The first-order valence-electron chi connectivity index (χ1n) is 12.6. The van der Waals surface area contributed by atoms with E-state index in [0.29, 0.717) is 6.61 Å². The van der Waals surface area contributed by atoms with Crippen LogP contribution in [0.15, 0.2) is 84.2 Å². The lowest BCUT2D eigenvalue weighted by molar-refractivity contribution is 0.183. The van der Waals surface area contributed by atoms with Crippen molar-refractivity contribution in [1.29, 1.82) is 0 Å². The molecule has 36 heavy (non-hydrogen) atoms. The van der Waals surface area contributed by atoms with Gasteiger partial charge in [0, 0.05) is 22.2 Å². The molecule has 0 radical (unpaired) electrons. The predicted octanol–water partition coefficient (Wildman–Crippen LogP) is 8.08. The number of nitrogens with zero attached hydrogens (tertiary/aromatic N) is 1. The Morgan fingerprint density at radius 2 is 1.61 bits per heavy atom. The average Bonchev–Trinajstić information content (AvgIpc) is 3.38. The number of likely N-dealkylation sites (tertiary alicyclic amines) is 1. The maximum absolute atomic E-state index is 10.0. The zero-order chi connectivity index (χ0) is 24.3. The summed E-state index contributed by atoms with van der Waals surface area (Å²) in [6, 6.07) is 26.0. The van der Waals surface area contributed by atoms with Gasteiger partial charge in [-0.3, -0.25) is 4.90 Å². The summed E-state index contributed by atoms with van der Waals surface area (Å²) >= 11 is 1.74.